The molecular formula is C25H34N4O4S2. The third-order valence-electron chi connectivity index (χ3n) is 6.87. The molecule has 0 radical (unpaired) electrons. The van der Waals surface area contributed by atoms with Crippen LogP contribution in [0.1, 0.15) is 64.8 Å². The fourth-order valence-corrected chi connectivity index (χ4v) is 7.65. The lowest BCUT2D eigenvalue weighted by atomic mass is 10.0. The highest BCUT2D eigenvalue weighted by Gasteiger charge is 2.30. The van der Waals surface area contributed by atoms with Crippen LogP contribution in [-0.2, 0) is 23.0 Å². The SMILES string of the molecule is CNC(=O)c1c(NC(=O)c2ccc(S(=O)(=O)N3CCCC(C)C3)cc2)sc2c1CCN(C(C)C)C2. The first-order chi connectivity index (χ1) is 16.6. The lowest BCUT2D eigenvalue weighted by Crippen LogP contribution is -2.39. The van der Waals surface area contributed by atoms with E-state index in [1.807, 2.05) is 0 Å². The minimum Gasteiger partial charge on any atom is -0.355 e. The second-order valence-corrected chi connectivity index (χ2v) is 12.7. The lowest BCUT2D eigenvalue weighted by molar-refractivity contribution is 0.0962. The highest BCUT2D eigenvalue weighted by Crippen LogP contribution is 2.38. The maximum atomic E-state index is 13.1. The third-order valence-corrected chi connectivity index (χ3v) is 9.88. The highest BCUT2D eigenvalue weighted by molar-refractivity contribution is 7.89. The summed E-state index contributed by atoms with van der Waals surface area (Å²) in [6.45, 7) is 9.01. The molecule has 2 aliphatic heterocycles. The standard InChI is InChI=1S/C25H34N4O4S2/c1-16(2)28-13-11-20-21(15-28)34-25(22(20)24(31)26-4)27-23(30)18-7-9-19(10-8-18)35(32,33)29-12-5-6-17(3)14-29/h7-10,16-17H,5-6,11-15H2,1-4H3,(H,26,31)(H,27,30). The Hall–Kier alpha value is -2.27. The number of carbonyl (C=O) groups excluding carboxylic acids is 2. The van der Waals surface area contributed by atoms with Gasteiger partial charge in [-0.05, 0) is 68.9 Å². The zero-order chi connectivity index (χ0) is 25.3. The number of thiophene rings is 1. The molecule has 0 saturated carbocycles. The van der Waals surface area contributed by atoms with E-state index in [0.717, 1.165) is 42.8 Å². The van der Waals surface area contributed by atoms with Gasteiger partial charge in [0, 0.05) is 49.7 Å². The molecule has 2 N–H and O–H groups in total. The Bertz CT molecular complexity index is 1200. The summed E-state index contributed by atoms with van der Waals surface area (Å²) < 4.78 is 27.6. The van der Waals surface area contributed by atoms with Gasteiger partial charge in [-0.25, -0.2) is 8.42 Å². The van der Waals surface area contributed by atoms with Crippen LogP contribution in [0.3, 0.4) is 0 Å². The molecule has 3 heterocycles. The monoisotopic (exact) mass is 518 g/mol. The van der Waals surface area contributed by atoms with Crippen LogP contribution in [0.25, 0.3) is 0 Å². The summed E-state index contributed by atoms with van der Waals surface area (Å²) >= 11 is 1.44. The number of anilines is 1. The number of nitrogens with one attached hydrogen (secondary N) is 2. The molecule has 2 aliphatic rings. The first-order valence-corrected chi connectivity index (χ1v) is 14.4. The van der Waals surface area contributed by atoms with Crippen molar-refractivity contribution in [1.29, 1.82) is 0 Å². The molecule has 2 amide bonds. The van der Waals surface area contributed by atoms with Crippen LogP contribution in [0.5, 0.6) is 0 Å². The van der Waals surface area contributed by atoms with Crippen LogP contribution in [0.2, 0.25) is 0 Å². The molecule has 35 heavy (non-hydrogen) atoms. The van der Waals surface area contributed by atoms with Crippen molar-refractivity contribution in [3.63, 3.8) is 0 Å². The number of benzene rings is 1. The third kappa shape index (κ3) is 5.30. The van der Waals surface area contributed by atoms with Gasteiger partial charge in [0.25, 0.3) is 11.8 Å². The number of nitrogens with zero attached hydrogens (tertiary/aromatic N) is 2. The summed E-state index contributed by atoms with van der Waals surface area (Å²) in [5.41, 5.74) is 1.87. The summed E-state index contributed by atoms with van der Waals surface area (Å²) in [7, 11) is -2.00. The average Bonchev–Trinajstić information content (AvgIpc) is 3.20. The molecule has 4 rings (SSSR count). The van der Waals surface area contributed by atoms with Crippen LogP contribution in [0.4, 0.5) is 5.00 Å². The molecule has 1 unspecified atom stereocenters. The van der Waals surface area contributed by atoms with Gasteiger partial charge in [-0.15, -0.1) is 11.3 Å². The van der Waals surface area contributed by atoms with E-state index in [1.54, 1.807) is 7.05 Å². The Labute approximate surface area is 211 Å². The van der Waals surface area contributed by atoms with Crippen molar-refractivity contribution in [2.24, 2.45) is 5.92 Å². The summed E-state index contributed by atoms with van der Waals surface area (Å²) in [5.74, 6) is -0.250. The Kier molecular flexibility index (Phi) is 7.65. The highest BCUT2D eigenvalue weighted by atomic mass is 32.2. The summed E-state index contributed by atoms with van der Waals surface area (Å²) in [6, 6.07) is 6.44. The van der Waals surface area contributed by atoms with Crippen molar-refractivity contribution in [1.82, 2.24) is 14.5 Å². The van der Waals surface area contributed by atoms with E-state index in [0.29, 0.717) is 41.2 Å². The molecule has 1 aromatic heterocycles. The topological polar surface area (TPSA) is 98.8 Å². The normalized spacial score (nSPS) is 19.4. The number of rotatable bonds is 6. The number of amides is 2. The number of piperidine rings is 1. The summed E-state index contributed by atoms with van der Waals surface area (Å²) in [4.78, 5) is 29.4. The number of carbonyl (C=O) groups is 2. The van der Waals surface area contributed by atoms with E-state index >= 15 is 0 Å². The summed E-state index contributed by atoms with van der Waals surface area (Å²) in [6.07, 6.45) is 2.64. The quantitative estimate of drug-likeness (QED) is 0.610. The van der Waals surface area contributed by atoms with Crippen LogP contribution >= 0.6 is 11.3 Å². The van der Waals surface area contributed by atoms with Crippen molar-refractivity contribution < 1.29 is 18.0 Å². The molecule has 10 heteroatoms. The van der Waals surface area contributed by atoms with Crippen LogP contribution in [-0.4, -0.2) is 62.2 Å². The smallest absolute Gasteiger partial charge is 0.256 e. The van der Waals surface area contributed by atoms with E-state index in [4.69, 9.17) is 0 Å². The van der Waals surface area contributed by atoms with E-state index in [1.165, 1.54) is 39.9 Å². The fraction of sp³-hybridized carbons (Fsp3) is 0.520. The van der Waals surface area contributed by atoms with Gasteiger partial charge >= 0.3 is 0 Å². The van der Waals surface area contributed by atoms with E-state index in [-0.39, 0.29) is 16.7 Å². The molecule has 1 aromatic carbocycles. The predicted molar refractivity (Wildman–Crippen MR) is 139 cm³/mol. The molecule has 1 atom stereocenters. The molecule has 0 bridgehead atoms. The van der Waals surface area contributed by atoms with Crippen LogP contribution in [0, 0.1) is 5.92 Å². The van der Waals surface area contributed by atoms with Crippen molar-refractivity contribution >= 4 is 38.2 Å². The van der Waals surface area contributed by atoms with Crippen molar-refractivity contribution in [3.05, 3.63) is 45.8 Å². The largest absolute Gasteiger partial charge is 0.355 e. The van der Waals surface area contributed by atoms with Gasteiger partial charge in [0.05, 0.1) is 10.5 Å². The Morgan fingerprint density at radius 2 is 1.83 bits per heavy atom. The molecule has 190 valence electrons. The number of hydrogen-bond donors (Lipinski definition) is 2. The second-order valence-electron chi connectivity index (χ2n) is 9.69. The lowest BCUT2D eigenvalue weighted by Gasteiger charge is -2.30. The van der Waals surface area contributed by atoms with Crippen molar-refractivity contribution in [2.45, 2.75) is 57.5 Å². The molecular weight excluding hydrogens is 484 g/mol. The van der Waals surface area contributed by atoms with Gasteiger partial charge in [-0.2, -0.15) is 4.31 Å². The van der Waals surface area contributed by atoms with Gasteiger partial charge < -0.3 is 10.6 Å². The zero-order valence-corrected chi connectivity index (χ0v) is 22.4. The molecule has 1 saturated heterocycles. The molecule has 0 spiro atoms. The summed E-state index contributed by atoms with van der Waals surface area (Å²) in [5, 5.41) is 6.14. The number of sulfonamides is 1. The van der Waals surface area contributed by atoms with Gasteiger partial charge in [0.1, 0.15) is 5.00 Å². The molecule has 2 aromatic rings. The van der Waals surface area contributed by atoms with Gasteiger partial charge in [-0.3, -0.25) is 14.5 Å². The second kappa shape index (κ2) is 10.4. The van der Waals surface area contributed by atoms with Crippen molar-refractivity contribution in [3.8, 4) is 0 Å². The van der Waals surface area contributed by atoms with Gasteiger partial charge in [0.2, 0.25) is 10.0 Å². The molecule has 0 aliphatic carbocycles. The Morgan fingerprint density at radius 1 is 1.11 bits per heavy atom. The van der Waals surface area contributed by atoms with E-state index in [9.17, 15) is 18.0 Å². The average molecular weight is 519 g/mol. The molecule has 1 fully saturated rings. The van der Waals surface area contributed by atoms with Gasteiger partial charge in [-0.1, -0.05) is 6.92 Å². The van der Waals surface area contributed by atoms with Gasteiger partial charge in [0.15, 0.2) is 0 Å². The number of fused-ring (bicyclic) bond motifs is 1. The van der Waals surface area contributed by atoms with Crippen molar-refractivity contribution in [2.75, 3.05) is 32.0 Å². The zero-order valence-electron chi connectivity index (χ0n) is 20.8. The van der Waals surface area contributed by atoms with E-state index < -0.39 is 10.0 Å². The van der Waals surface area contributed by atoms with Crippen LogP contribution in [0.15, 0.2) is 29.2 Å². The number of hydrogen-bond acceptors (Lipinski definition) is 6. The Balaban J connectivity index is 1.55. The first-order valence-electron chi connectivity index (χ1n) is 12.1. The molecule has 8 nitrogen and oxygen atoms in total. The maximum absolute atomic E-state index is 13.1. The minimum absolute atomic E-state index is 0.189. The van der Waals surface area contributed by atoms with E-state index in [2.05, 4.69) is 36.3 Å². The minimum atomic E-state index is -3.59. The van der Waals surface area contributed by atoms with Crippen LogP contribution < -0.4 is 10.6 Å². The predicted octanol–water partition coefficient (Wildman–Crippen LogP) is 3.55. The first kappa shape index (κ1) is 25.8. The Morgan fingerprint density at radius 3 is 2.46 bits per heavy atom. The maximum Gasteiger partial charge on any atom is 0.256 e. The fourth-order valence-electron chi connectivity index (χ4n) is 4.78.